The molecule has 0 spiro atoms. The lowest BCUT2D eigenvalue weighted by molar-refractivity contribution is 0.271. The second kappa shape index (κ2) is 3.02. The molecule has 1 aliphatic rings. The highest BCUT2D eigenvalue weighted by atomic mass is 35.5. The third-order valence-corrected chi connectivity index (χ3v) is 3.78. The Morgan fingerprint density at radius 2 is 2.00 bits per heavy atom. The van der Waals surface area contributed by atoms with Gasteiger partial charge < -0.3 is 0 Å². The molecule has 0 heterocycles. The lowest BCUT2D eigenvalue weighted by Gasteiger charge is -2.40. The van der Waals surface area contributed by atoms with E-state index in [1.54, 1.807) is 0 Å². The van der Waals surface area contributed by atoms with Crippen molar-refractivity contribution in [1.82, 2.24) is 0 Å². The Morgan fingerprint density at radius 1 is 1.31 bits per heavy atom. The van der Waals surface area contributed by atoms with Gasteiger partial charge in [0.05, 0.1) is 0 Å². The molecule has 0 N–H and O–H groups in total. The molecule has 1 aromatic rings. The van der Waals surface area contributed by atoms with Gasteiger partial charge in [-0.3, -0.25) is 0 Å². The van der Waals surface area contributed by atoms with Gasteiger partial charge >= 0.3 is 0 Å². The highest BCUT2D eigenvalue weighted by Gasteiger charge is 2.34. The van der Waals surface area contributed by atoms with Crippen molar-refractivity contribution in [3.8, 4) is 0 Å². The van der Waals surface area contributed by atoms with E-state index in [1.807, 2.05) is 6.07 Å². The zero-order chi connectivity index (χ0) is 9.47. The van der Waals surface area contributed by atoms with Crippen molar-refractivity contribution in [2.45, 2.75) is 38.5 Å². The van der Waals surface area contributed by atoms with Gasteiger partial charge in [-0.05, 0) is 42.4 Å². The lowest BCUT2D eigenvalue weighted by atomic mass is 9.65. The second-order valence-electron chi connectivity index (χ2n) is 4.33. The van der Waals surface area contributed by atoms with E-state index in [4.69, 9.17) is 11.6 Å². The average Bonchev–Trinajstić information content (AvgIpc) is 2.06. The molecule has 1 heteroatoms. The summed E-state index contributed by atoms with van der Waals surface area (Å²) < 4.78 is 0. The van der Waals surface area contributed by atoms with Crippen molar-refractivity contribution in [2.75, 3.05) is 0 Å². The second-order valence-corrected chi connectivity index (χ2v) is 4.73. The minimum Gasteiger partial charge on any atom is -0.0840 e. The third kappa shape index (κ3) is 1.38. The molecule has 1 saturated carbocycles. The van der Waals surface area contributed by atoms with Crippen molar-refractivity contribution >= 4 is 11.6 Å². The molecule has 13 heavy (non-hydrogen) atoms. The summed E-state index contributed by atoms with van der Waals surface area (Å²) in [7, 11) is 0. The quantitative estimate of drug-likeness (QED) is 0.632. The van der Waals surface area contributed by atoms with Gasteiger partial charge in [0.15, 0.2) is 0 Å². The third-order valence-electron chi connectivity index (χ3n) is 3.38. The zero-order valence-corrected chi connectivity index (χ0v) is 8.99. The summed E-state index contributed by atoms with van der Waals surface area (Å²) in [5.74, 6) is 0. The number of benzene rings is 1. The van der Waals surface area contributed by atoms with Crippen LogP contribution < -0.4 is 0 Å². The van der Waals surface area contributed by atoms with Crippen LogP contribution in [0.4, 0.5) is 0 Å². The summed E-state index contributed by atoms with van der Waals surface area (Å²) in [5, 5.41) is 0.908. The number of halogens is 1. The van der Waals surface area contributed by atoms with Crippen molar-refractivity contribution < 1.29 is 0 Å². The van der Waals surface area contributed by atoms with Gasteiger partial charge in [0.2, 0.25) is 0 Å². The molecule has 0 saturated heterocycles. The maximum atomic E-state index is 6.10. The molecule has 1 aliphatic carbocycles. The summed E-state index contributed by atoms with van der Waals surface area (Å²) in [5.41, 5.74) is 3.13. The summed E-state index contributed by atoms with van der Waals surface area (Å²) >= 11 is 6.10. The summed E-state index contributed by atoms with van der Waals surface area (Å²) in [6, 6.07) is 6.26. The molecule has 2 rings (SSSR count). The van der Waals surface area contributed by atoms with Crippen LogP contribution in [0.2, 0.25) is 5.02 Å². The van der Waals surface area contributed by atoms with E-state index in [1.165, 1.54) is 30.4 Å². The van der Waals surface area contributed by atoms with Crippen LogP contribution in [0, 0.1) is 6.92 Å². The predicted molar refractivity (Wildman–Crippen MR) is 57.4 cm³/mol. The molecule has 0 aliphatic heterocycles. The Morgan fingerprint density at radius 3 is 2.54 bits per heavy atom. The van der Waals surface area contributed by atoms with Crippen LogP contribution in [-0.2, 0) is 5.41 Å². The Balaban J connectivity index is 2.45. The molecule has 0 nitrogen and oxygen atoms in total. The Hall–Kier alpha value is -0.490. The molecule has 1 fully saturated rings. The minimum atomic E-state index is 0.412. The SMILES string of the molecule is Cc1c(Cl)cccc1C1(C)CCC1. The Bertz CT molecular complexity index is 324. The monoisotopic (exact) mass is 194 g/mol. The first-order chi connectivity index (χ1) is 6.13. The van der Waals surface area contributed by atoms with Crippen LogP contribution in [-0.4, -0.2) is 0 Å². The highest BCUT2D eigenvalue weighted by molar-refractivity contribution is 6.31. The fraction of sp³-hybridized carbons (Fsp3) is 0.500. The lowest BCUT2D eigenvalue weighted by Crippen LogP contribution is -2.31. The zero-order valence-electron chi connectivity index (χ0n) is 8.23. The maximum Gasteiger partial charge on any atom is 0.0438 e. The van der Waals surface area contributed by atoms with Gasteiger partial charge in [0, 0.05) is 5.02 Å². The molecule has 0 unspecified atom stereocenters. The molecule has 0 radical (unpaired) electrons. The van der Waals surface area contributed by atoms with E-state index in [2.05, 4.69) is 26.0 Å². The van der Waals surface area contributed by atoms with Crippen LogP contribution in [0.25, 0.3) is 0 Å². The van der Waals surface area contributed by atoms with Crippen molar-refractivity contribution in [3.63, 3.8) is 0 Å². The van der Waals surface area contributed by atoms with Gasteiger partial charge in [-0.25, -0.2) is 0 Å². The van der Waals surface area contributed by atoms with Crippen LogP contribution >= 0.6 is 11.6 Å². The summed E-state index contributed by atoms with van der Waals surface area (Å²) in [6.07, 6.45) is 3.99. The van der Waals surface area contributed by atoms with E-state index < -0.39 is 0 Å². The smallest absolute Gasteiger partial charge is 0.0438 e. The minimum absolute atomic E-state index is 0.412. The summed E-state index contributed by atoms with van der Waals surface area (Å²) in [6.45, 7) is 4.47. The average molecular weight is 195 g/mol. The van der Waals surface area contributed by atoms with Crippen LogP contribution in [0.5, 0.6) is 0 Å². The standard InChI is InChI=1S/C12H15Cl/c1-9-10(5-3-6-11(9)13)12(2)7-4-8-12/h3,5-6H,4,7-8H2,1-2H3. The molecular formula is C12H15Cl. The van der Waals surface area contributed by atoms with Crippen LogP contribution in [0.15, 0.2) is 18.2 Å². The molecule has 70 valence electrons. The van der Waals surface area contributed by atoms with E-state index >= 15 is 0 Å². The Labute approximate surface area is 84.9 Å². The molecule has 0 bridgehead atoms. The highest BCUT2D eigenvalue weighted by Crippen LogP contribution is 2.45. The maximum absolute atomic E-state index is 6.10. The largest absolute Gasteiger partial charge is 0.0840 e. The predicted octanol–water partition coefficient (Wildman–Crippen LogP) is 4.09. The van der Waals surface area contributed by atoms with Gasteiger partial charge in [0.1, 0.15) is 0 Å². The number of hydrogen-bond donors (Lipinski definition) is 0. The van der Waals surface area contributed by atoms with Crippen LogP contribution in [0.3, 0.4) is 0 Å². The fourth-order valence-corrected chi connectivity index (χ4v) is 2.41. The van der Waals surface area contributed by atoms with Gasteiger partial charge in [-0.2, -0.15) is 0 Å². The molecule has 1 aromatic carbocycles. The van der Waals surface area contributed by atoms with Crippen molar-refractivity contribution in [1.29, 1.82) is 0 Å². The molecule has 0 aromatic heterocycles. The molecular weight excluding hydrogens is 180 g/mol. The normalized spacial score (nSPS) is 19.6. The topological polar surface area (TPSA) is 0 Å². The number of hydrogen-bond acceptors (Lipinski definition) is 0. The van der Waals surface area contributed by atoms with Crippen LogP contribution in [0.1, 0.15) is 37.3 Å². The fourth-order valence-electron chi connectivity index (χ4n) is 2.24. The van der Waals surface area contributed by atoms with Gasteiger partial charge in [-0.15, -0.1) is 0 Å². The molecule has 0 atom stereocenters. The number of rotatable bonds is 1. The van der Waals surface area contributed by atoms with E-state index in [-0.39, 0.29) is 0 Å². The van der Waals surface area contributed by atoms with Crippen molar-refractivity contribution in [2.24, 2.45) is 0 Å². The van der Waals surface area contributed by atoms with Gasteiger partial charge in [-0.1, -0.05) is 37.1 Å². The summed E-state index contributed by atoms with van der Waals surface area (Å²) in [4.78, 5) is 0. The first kappa shape index (κ1) is 9.08. The first-order valence-electron chi connectivity index (χ1n) is 4.89. The van der Waals surface area contributed by atoms with Crippen molar-refractivity contribution in [3.05, 3.63) is 34.3 Å². The van der Waals surface area contributed by atoms with E-state index in [9.17, 15) is 0 Å². The molecule has 0 amide bonds. The van der Waals surface area contributed by atoms with E-state index in [0.29, 0.717) is 5.41 Å². The van der Waals surface area contributed by atoms with Gasteiger partial charge in [0.25, 0.3) is 0 Å². The first-order valence-corrected chi connectivity index (χ1v) is 5.27. The van der Waals surface area contributed by atoms with E-state index in [0.717, 1.165) is 5.02 Å². The Kier molecular flexibility index (Phi) is 2.11.